The van der Waals surface area contributed by atoms with Gasteiger partial charge in [0.15, 0.2) is 0 Å². The van der Waals surface area contributed by atoms with Gasteiger partial charge in [0, 0.05) is 22.6 Å². The molecule has 0 bridgehead atoms. The average molecular weight is 529 g/mol. The van der Waals surface area contributed by atoms with E-state index in [0.717, 1.165) is 17.0 Å². The van der Waals surface area contributed by atoms with Gasteiger partial charge in [-0.15, -0.1) is 0 Å². The lowest BCUT2D eigenvalue weighted by atomic mass is 10.1. The predicted molar refractivity (Wildman–Crippen MR) is 138 cm³/mol. The molecule has 7 nitrogen and oxygen atoms in total. The average Bonchev–Trinajstić information content (AvgIpc) is 2.76. The fraction of sp³-hybridized carbons (Fsp3) is 0.417. The summed E-state index contributed by atoms with van der Waals surface area (Å²) in [5.74, 6) is -0.866. The van der Waals surface area contributed by atoms with Crippen LogP contribution in [-0.2, 0) is 26.2 Å². The van der Waals surface area contributed by atoms with E-state index in [1.165, 1.54) is 4.90 Å². The molecular formula is C24H31Cl2N3O4S. The van der Waals surface area contributed by atoms with Crippen molar-refractivity contribution in [3.05, 3.63) is 63.6 Å². The highest BCUT2D eigenvalue weighted by Gasteiger charge is 2.31. The molecule has 0 aliphatic heterocycles. The number of nitrogens with one attached hydrogen (secondary N) is 1. The molecule has 10 heteroatoms. The minimum atomic E-state index is -3.82. The van der Waals surface area contributed by atoms with Crippen molar-refractivity contribution in [2.75, 3.05) is 17.1 Å². The zero-order valence-electron chi connectivity index (χ0n) is 20.0. The minimum absolute atomic E-state index is 0.0464. The van der Waals surface area contributed by atoms with E-state index in [1.807, 2.05) is 13.8 Å². The molecule has 0 aliphatic rings. The Hall–Kier alpha value is -2.29. The number of hydrogen-bond donors (Lipinski definition) is 1. The molecule has 2 rings (SSSR count). The molecule has 0 saturated heterocycles. The first kappa shape index (κ1) is 28.0. The summed E-state index contributed by atoms with van der Waals surface area (Å²) in [5, 5.41) is 3.79. The van der Waals surface area contributed by atoms with Crippen molar-refractivity contribution in [1.29, 1.82) is 0 Å². The Labute approximate surface area is 212 Å². The molecule has 2 aromatic carbocycles. The lowest BCUT2D eigenvalue weighted by Gasteiger charge is -2.32. The molecule has 0 fully saturated rings. The molecule has 0 heterocycles. The first-order valence-corrected chi connectivity index (χ1v) is 13.5. The Balaban J connectivity index is 2.43. The second-order valence-electron chi connectivity index (χ2n) is 8.31. The number of carbonyl (C=O) groups is 2. The number of anilines is 1. The smallest absolute Gasteiger partial charge is 0.244 e. The van der Waals surface area contributed by atoms with Gasteiger partial charge in [-0.1, -0.05) is 48.3 Å². The van der Waals surface area contributed by atoms with Crippen LogP contribution in [0.1, 0.15) is 38.3 Å². The summed E-state index contributed by atoms with van der Waals surface area (Å²) in [6, 6.07) is 10.8. The Bertz CT molecular complexity index is 1140. The summed E-state index contributed by atoms with van der Waals surface area (Å²) in [4.78, 5) is 27.8. The van der Waals surface area contributed by atoms with Gasteiger partial charge < -0.3 is 10.2 Å². The number of amides is 2. The Morgan fingerprint density at radius 3 is 2.29 bits per heavy atom. The summed E-state index contributed by atoms with van der Waals surface area (Å²) in [6.45, 7) is 6.72. The molecule has 0 aliphatic carbocycles. The number of sulfonamides is 1. The molecule has 34 heavy (non-hydrogen) atoms. The first-order valence-electron chi connectivity index (χ1n) is 10.9. The van der Waals surface area contributed by atoms with Crippen LogP contribution in [0.2, 0.25) is 10.0 Å². The van der Waals surface area contributed by atoms with Gasteiger partial charge in [0.2, 0.25) is 21.8 Å². The van der Waals surface area contributed by atoms with Gasteiger partial charge in [0.1, 0.15) is 12.6 Å². The maximum absolute atomic E-state index is 13.5. The summed E-state index contributed by atoms with van der Waals surface area (Å²) in [5.41, 5.74) is 1.59. The summed E-state index contributed by atoms with van der Waals surface area (Å²) in [6.07, 6.45) is 1.76. The fourth-order valence-electron chi connectivity index (χ4n) is 3.35. The van der Waals surface area contributed by atoms with E-state index in [9.17, 15) is 18.0 Å². The second-order valence-corrected chi connectivity index (χ2v) is 11.1. The van der Waals surface area contributed by atoms with Crippen LogP contribution in [0, 0.1) is 6.92 Å². The zero-order valence-corrected chi connectivity index (χ0v) is 22.3. The number of halogens is 2. The lowest BCUT2D eigenvalue weighted by Crippen LogP contribution is -2.52. The minimum Gasteiger partial charge on any atom is -0.352 e. The number of aryl methyl sites for hydroxylation is 1. The summed E-state index contributed by atoms with van der Waals surface area (Å²) >= 11 is 12.3. The second kappa shape index (κ2) is 11.9. The highest BCUT2D eigenvalue weighted by Crippen LogP contribution is 2.26. The van der Waals surface area contributed by atoms with Crippen LogP contribution in [0.3, 0.4) is 0 Å². The SMILES string of the molecule is CCC(C)NC(=O)C(C)N(Cc1ccccc1Cl)C(=O)CN(c1ccc(Cl)cc1C)S(C)(=O)=O. The highest BCUT2D eigenvalue weighted by molar-refractivity contribution is 7.92. The van der Waals surface area contributed by atoms with Crippen LogP contribution in [0.25, 0.3) is 0 Å². The van der Waals surface area contributed by atoms with Gasteiger partial charge in [-0.05, 0) is 62.6 Å². The van der Waals surface area contributed by atoms with E-state index in [0.29, 0.717) is 26.9 Å². The fourth-order valence-corrected chi connectivity index (χ4v) is 4.68. The molecule has 2 atom stereocenters. The van der Waals surface area contributed by atoms with Gasteiger partial charge in [-0.3, -0.25) is 13.9 Å². The number of benzene rings is 2. The highest BCUT2D eigenvalue weighted by atomic mass is 35.5. The maximum Gasteiger partial charge on any atom is 0.244 e. The van der Waals surface area contributed by atoms with Crippen molar-refractivity contribution in [3.8, 4) is 0 Å². The summed E-state index contributed by atoms with van der Waals surface area (Å²) < 4.78 is 26.3. The topological polar surface area (TPSA) is 86.8 Å². The number of rotatable bonds is 10. The molecule has 0 aromatic heterocycles. The molecule has 2 aromatic rings. The largest absolute Gasteiger partial charge is 0.352 e. The number of carbonyl (C=O) groups excluding carboxylic acids is 2. The van der Waals surface area contributed by atoms with Gasteiger partial charge >= 0.3 is 0 Å². The van der Waals surface area contributed by atoms with Crippen LogP contribution in [0.5, 0.6) is 0 Å². The quantitative estimate of drug-likeness (QED) is 0.495. The van der Waals surface area contributed by atoms with Gasteiger partial charge in [0.25, 0.3) is 0 Å². The predicted octanol–water partition coefficient (Wildman–Crippen LogP) is 4.40. The van der Waals surface area contributed by atoms with E-state index >= 15 is 0 Å². The maximum atomic E-state index is 13.5. The molecule has 0 saturated carbocycles. The Morgan fingerprint density at radius 1 is 1.09 bits per heavy atom. The van der Waals surface area contributed by atoms with Crippen molar-refractivity contribution in [2.24, 2.45) is 0 Å². The third-order valence-corrected chi connectivity index (χ3v) is 7.30. The molecule has 186 valence electrons. The van der Waals surface area contributed by atoms with E-state index in [4.69, 9.17) is 23.2 Å². The first-order chi connectivity index (χ1) is 15.8. The molecule has 2 amide bonds. The third-order valence-electron chi connectivity index (χ3n) is 5.57. The van der Waals surface area contributed by atoms with Crippen molar-refractivity contribution >= 4 is 50.7 Å². The van der Waals surface area contributed by atoms with Crippen molar-refractivity contribution in [3.63, 3.8) is 0 Å². The monoisotopic (exact) mass is 527 g/mol. The van der Waals surface area contributed by atoms with Crippen LogP contribution in [0.15, 0.2) is 42.5 Å². The molecular weight excluding hydrogens is 497 g/mol. The van der Waals surface area contributed by atoms with Crippen molar-refractivity contribution in [1.82, 2.24) is 10.2 Å². The van der Waals surface area contributed by atoms with Gasteiger partial charge in [-0.2, -0.15) is 0 Å². The standard InChI is InChI=1S/C24H31Cl2N3O4S/c1-6-17(3)27-24(31)18(4)28(14-19-9-7-8-10-21(19)26)23(30)15-29(34(5,32)33)22-12-11-20(25)13-16(22)2/h7-13,17-18H,6,14-15H2,1-5H3,(H,27,31). The number of nitrogens with zero attached hydrogens (tertiary/aromatic N) is 2. The van der Waals surface area contributed by atoms with Gasteiger partial charge in [0.05, 0.1) is 11.9 Å². The molecule has 2 unspecified atom stereocenters. The van der Waals surface area contributed by atoms with Crippen molar-refractivity contribution < 1.29 is 18.0 Å². The van der Waals surface area contributed by atoms with E-state index in [2.05, 4.69) is 5.32 Å². The number of hydrogen-bond acceptors (Lipinski definition) is 4. The van der Waals surface area contributed by atoms with E-state index in [-0.39, 0.29) is 18.5 Å². The van der Waals surface area contributed by atoms with E-state index in [1.54, 1.807) is 56.3 Å². The zero-order chi connectivity index (χ0) is 25.6. The van der Waals surface area contributed by atoms with Gasteiger partial charge in [-0.25, -0.2) is 8.42 Å². The van der Waals surface area contributed by atoms with Crippen LogP contribution < -0.4 is 9.62 Å². The van der Waals surface area contributed by atoms with Crippen molar-refractivity contribution in [2.45, 2.75) is 52.7 Å². The lowest BCUT2D eigenvalue weighted by molar-refractivity contribution is -0.139. The van der Waals surface area contributed by atoms with E-state index < -0.39 is 28.5 Å². The summed E-state index contributed by atoms with van der Waals surface area (Å²) in [7, 11) is -3.82. The Kier molecular flexibility index (Phi) is 9.79. The Morgan fingerprint density at radius 2 is 1.74 bits per heavy atom. The normalized spacial score (nSPS) is 13.1. The molecule has 1 N–H and O–H groups in total. The van der Waals surface area contributed by atoms with Crippen LogP contribution in [0.4, 0.5) is 5.69 Å². The van der Waals surface area contributed by atoms with Crippen LogP contribution >= 0.6 is 23.2 Å². The molecule has 0 spiro atoms. The van der Waals surface area contributed by atoms with Crippen LogP contribution in [-0.4, -0.2) is 50.0 Å². The third kappa shape index (κ3) is 7.35. The molecule has 0 radical (unpaired) electrons.